The predicted octanol–water partition coefficient (Wildman–Crippen LogP) is 2.53. The van der Waals surface area contributed by atoms with E-state index in [2.05, 4.69) is 4.90 Å². The van der Waals surface area contributed by atoms with Gasteiger partial charge in [0.25, 0.3) is 0 Å². The molecule has 26 heavy (non-hydrogen) atoms. The first-order valence-electron chi connectivity index (χ1n) is 8.82. The van der Waals surface area contributed by atoms with Crippen molar-refractivity contribution in [3.8, 4) is 0 Å². The standard InChI is InChI=1S/C19H25F3N2O2/c1-17(2,19(20,21)22)16(26)24-12-18(13-24)11-23(9-15(18)10-25)8-14-6-4-3-5-7-14/h3-7,15,25H,8-13H2,1-2H3/t15-/m0/s1. The largest absolute Gasteiger partial charge is 0.402 e. The van der Waals surface area contributed by atoms with Gasteiger partial charge >= 0.3 is 6.18 Å². The van der Waals surface area contributed by atoms with Crippen molar-refractivity contribution in [3.63, 3.8) is 0 Å². The number of halogens is 3. The molecule has 2 aliphatic rings. The maximum Gasteiger partial charge on any atom is 0.402 e. The summed E-state index contributed by atoms with van der Waals surface area (Å²) in [5, 5.41) is 9.75. The lowest BCUT2D eigenvalue weighted by Gasteiger charge is -2.52. The summed E-state index contributed by atoms with van der Waals surface area (Å²) in [5.74, 6) is -0.905. The van der Waals surface area contributed by atoms with Gasteiger partial charge in [0.1, 0.15) is 5.41 Å². The highest BCUT2D eigenvalue weighted by molar-refractivity contribution is 5.83. The van der Waals surface area contributed by atoms with Crippen molar-refractivity contribution >= 4 is 5.91 Å². The van der Waals surface area contributed by atoms with Gasteiger partial charge < -0.3 is 10.0 Å². The number of hydrogen-bond donors (Lipinski definition) is 1. The molecular weight excluding hydrogens is 345 g/mol. The Hall–Kier alpha value is -1.60. The summed E-state index contributed by atoms with van der Waals surface area (Å²) in [6.45, 7) is 4.51. The van der Waals surface area contributed by atoms with Crippen molar-refractivity contribution < 1.29 is 23.1 Å². The number of nitrogens with zero attached hydrogens (tertiary/aromatic N) is 2. The maximum absolute atomic E-state index is 13.1. The molecule has 4 nitrogen and oxygen atoms in total. The SMILES string of the molecule is CC(C)(C(=O)N1CC2(CN(Cc3ccccc3)C[C@H]2CO)C1)C(F)(F)F. The molecule has 1 aromatic rings. The van der Waals surface area contributed by atoms with E-state index in [1.54, 1.807) is 0 Å². The average molecular weight is 370 g/mol. The second kappa shape index (κ2) is 6.53. The van der Waals surface area contributed by atoms with E-state index < -0.39 is 17.5 Å². The minimum Gasteiger partial charge on any atom is -0.396 e. The van der Waals surface area contributed by atoms with E-state index in [9.17, 15) is 23.1 Å². The molecule has 2 saturated heterocycles. The fourth-order valence-corrected chi connectivity index (χ4v) is 4.09. The molecule has 1 amide bonds. The van der Waals surface area contributed by atoms with Crippen molar-refractivity contribution in [2.45, 2.75) is 26.6 Å². The minimum absolute atomic E-state index is 0.0179. The number of rotatable bonds is 4. The average Bonchev–Trinajstić information content (AvgIpc) is 2.91. The molecule has 0 radical (unpaired) electrons. The topological polar surface area (TPSA) is 43.8 Å². The summed E-state index contributed by atoms with van der Waals surface area (Å²) in [5.41, 5.74) is -1.53. The molecule has 3 rings (SSSR count). The molecule has 144 valence electrons. The number of carbonyl (C=O) groups is 1. The van der Waals surface area contributed by atoms with Gasteiger partial charge in [0, 0.05) is 50.7 Å². The third-order valence-corrected chi connectivity index (χ3v) is 5.89. The first kappa shape index (κ1) is 19.2. The summed E-state index contributed by atoms with van der Waals surface area (Å²) in [6.07, 6.45) is -4.57. The second-order valence-corrected chi connectivity index (χ2v) is 8.18. The number of likely N-dealkylation sites (tertiary alicyclic amines) is 2. The van der Waals surface area contributed by atoms with E-state index in [0.29, 0.717) is 13.1 Å². The molecule has 0 bridgehead atoms. The quantitative estimate of drug-likeness (QED) is 0.886. The monoisotopic (exact) mass is 370 g/mol. The van der Waals surface area contributed by atoms with Gasteiger partial charge in [0.15, 0.2) is 0 Å². The predicted molar refractivity (Wildman–Crippen MR) is 91.1 cm³/mol. The van der Waals surface area contributed by atoms with Gasteiger partial charge in [-0.3, -0.25) is 9.69 Å². The fourth-order valence-electron chi connectivity index (χ4n) is 4.09. The number of benzene rings is 1. The molecule has 0 aliphatic carbocycles. The lowest BCUT2D eigenvalue weighted by molar-refractivity contribution is -0.223. The van der Waals surface area contributed by atoms with Crippen LogP contribution >= 0.6 is 0 Å². The van der Waals surface area contributed by atoms with Crippen LogP contribution in [-0.2, 0) is 11.3 Å². The zero-order chi connectivity index (χ0) is 19.2. The normalized spacial score (nSPS) is 23.3. The highest BCUT2D eigenvalue weighted by Gasteiger charge is 2.60. The summed E-state index contributed by atoms with van der Waals surface area (Å²) in [6, 6.07) is 9.94. The van der Waals surface area contributed by atoms with Gasteiger partial charge in [-0.05, 0) is 19.4 Å². The number of hydrogen-bond acceptors (Lipinski definition) is 3. The van der Waals surface area contributed by atoms with Crippen molar-refractivity contribution in [1.29, 1.82) is 0 Å². The van der Waals surface area contributed by atoms with Crippen LogP contribution in [0, 0.1) is 16.7 Å². The Morgan fingerprint density at radius 2 is 1.81 bits per heavy atom. The Morgan fingerprint density at radius 3 is 2.35 bits per heavy atom. The first-order valence-corrected chi connectivity index (χ1v) is 8.82. The van der Waals surface area contributed by atoms with Gasteiger partial charge in [-0.25, -0.2) is 0 Å². The van der Waals surface area contributed by atoms with Crippen LogP contribution in [-0.4, -0.2) is 59.8 Å². The Balaban J connectivity index is 1.65. The molecule has 0 aromatic heterocycles. The molecule has 1 atom stereocenters. The van der Waals surface area contributed by atoms with Gasteiger partial charge in [0.05, 0.1) is 0 Å². The van der Waals surface area contributed by atoms with E-state index in [0.717, 1.165) is 26.0 Å². The van der Waals surface area contributed by atoms with Crippen LogP contribution in [0.2, 0.25) is 0 Å². The molecule has 0 unspecified atom stereocenters. The van der Waals surface area contributed by atoms with Gasteiger partial charge in [-0.15, -0.1) is 0 Å². The van der Waals surface area contributed by atoms with Crippen molar-refractivity contribution in [3.05, 3.63) is 35.9 Å². The summed E-state index contributed by atoms with van der Waals surface area (Å²) in [7, 11) is 0. The minimum atomic E-state index is -4.57. The molecule has 1 N–H and O–H groups in total. The Bertz CT molecular complexity index is 654. The number of aliphatic hydroxyl groups excluding tert-OH is 1. The molecule has 0 saturated carbocycles. The van der Waals surface area contributed by atoms with Gasteiger partial charge in [0.2, 0.25) is 5.91 Å². The highest BCUT2D eigenvalue weighted by Crippen LogP contribution is 2.47. The Labute approximate surface area is 151 Å². The zero-order valence-corrected chi connectivity index (χ0v) is 15.1. The lowest BCUT2D eigenvalue weighted by atomic mass is 9.71. The van der Waals surface area contributed by atoms with Crippen molar-refractivity contribution in [1.82, 2.24) is 9.80 Å². The molecule has 2 aliphatic heterocycles. The Morgan fingerprint density at radius 1 is 1.19 bits per heavy atom. The molecule has 2 heterocycles. The van der Waals surface area contributed by atoms with Crippen LogP contribution in [0.25, 0.3) is 0 Å². The Kier molecular flexibility index (Phi) is 4.82. The molecule has 1 aromatic carbocycles. The van der Waals surface area contributed by atoms with Crippen molar-refractivity contribution in [2.75, 3.05) is 32.8 Å². The smallest absolute Gasteiger partial charge is 0.396 e. The molecule has 1 spiro atoms. The third kappa shape index (κ3) is 3.22. The summed E-state index contributed by atoms with van der Waals surface area (Å²) in [4.78, 5) is 15.8. The van der Waals surface area contributed by atoms with E-state index in [1.807, 2.05) is 30.3 Å². The van der Waals surface area contributed by atoms with E-state index in [4.69, 9.17) is 0 Å². The van der Waals surface area contributed by atoms with Crippen LogP contribution in [0.4, 0.5) is 13.2 Å². The van der Waals surface area contributed by atoms with Crippen LogP contribution in [0.1, 0.15) is 19.4 Å². The fraction of sp³-hybridized carbons (Fsp3) is 0.632. The first-order chi connectivity index (χ1) is 12.1. The maximum atomic E-state index is 13.1. The zero-order valence-electron chi connectivity index (χ0n) is 15.1. The van der Waals surface area contributed by atoms with E-state index in [1.165, 1.54) is 4.90 Å². The van der Waals surface area contributed by atoms with E-state index >= 15 is 0 Å². The van der Waals surface area contributed by atoms with Crippen LogP contribution in [0.5, 0.6) is 0 Å². The third-order valence-electron chi connectivity index (χ3n) is 5.89. The summed E-state index contributed by atoms with van der Waals surface area (Å²) < 4.78 is 39.4. The lowest BCUT2D eigenvalue weighted by Crippen LogP contribution is -2.65. The van der Waals surface area contributed by atoms with Gasteiger partial charge in [-0.2, -0.15) is 13.2 Å². The van der Waals surface area contributed by atoms with Crippen LogP contribution in [0.3, 0.4) is 0 Å². The van der Waals surface area contributed by atoms with Gasteiger partial charge in [-0.1, -0.05) is 30.3 Å². The molecule has 2 fully saturated rings. The number of carbonyl (C=O) groups excluding carboxylic acids is 1. The molecule has 7 heteroatoms. The van der Waals surface area contributed by atoms with Crippen LogP contribution in [0.15, 0.2) is 30.3 Å². The molecular formula is C19H25F3N2O2. The number of aliphatic hydroxyl groups is 1. The number of alkyl halides is 3. The van der Waals surface area contributed by atoms with Crippen LogP contribution < -0.4 is 0 Å². The van der Waals surface area contributed by atoms with E-state index in [-0.39, 0.29) is 31.0 Å². The number of amides is 1. The highest BCUT2D eigenvalue weighted by atomic mass is 19.4. The van der Waals surface area contributed by atoms with Crippen molar-refractivity contribution in [2.24, 2.45) is 16.7 Å². The summed E-state index contributed by atoms with van der Waals surface area (Å²) >= 11 is 0. The second-order valence-electron chi connectivity index (χ2n) is 8.18.